The van der Waals surface area contributed by atoms with Gasteiger partial charge in [0.2, 0.25) is 0 Å². The summed E-state index contributed by atoms with van der Waals surface area (Å²) in [6, 6.07) is 3.83. The zero-order valence-corrected chi connectivity index (χ0v) is 10.6. The summed E-state index contributed by atoms with van der Waals surface area (Å²) >= 11 is 3.38. The van der Waals surface area contributed by atoms with Crippen molar-refractivity contribution in [1.29, 1.82) is 0 Å². The maximum Gasteiger partial charge on any atom is 0.145 e. The van der Waals surface area contributed by atoms with Crippen molar-refractivity contribution < 1.29 is 9.47 Å². The van der Waals surface area contributed by atoms with Crippen LogP contribution in [0.1, 0.15) is 12.0 Å². The van der Waals surface area contributed by atoms with Gasteiger partial charge in [0.1, 0.15) is 5.75 Å². The van der Waals surface area contributed by atoms with Crippen LogP contribution in [0.3, 0.4) is 0 Å². The number of anilines is 1. The fourth-order valence-electron chi connectivity index (χ4n) is 1.33. The second-order valence-corrected chi connectivity index (χ2v) is 4.25. The Hall–Kier alpha value is -0.740. The van der Waals surface area contributed by atoms with E-state index in [1.807, 2.05) is 19.1 Å². The highest BCUT2D eigenvalue weighted by Gasteiger charge is 2.05. The van der Waals surface area contributed by atoms with E-state index in [1.54, 1.807) is 7.11 Å². The van der Waals surface area contributed by atoms with E-state index < -0.39 is 0 Å². The Bertz CT molecular complexity index is 305. The third kappa shape index (κ3) is 3.72. The third-order valence-corrected chi connectivity index (χ3v) is 2.47. The summed E-state index contributed by atoms with van der Waals surface area (Å²) in [5, 5.41) is 0. The van der Waals surface area contributed by atoms with Crippen LogP contribution in [0.2, 0.25) is 0 Å². The molecule has 0 bridgehead atoms. The van der Waals surface area contributed by atoms with E-state index in [4.69, 9.17) is 15.2 Å². The first-order valence-electron chi connectivity index (χ1n) is 4.82. The quantitative estimate of drug-likeness (QED) is 0.663. The van der Waals surface area contributed by atoms with E-state index in [2.05, 4.69) is 15.9 Å². The molecular formula is C11H16BrNO2. The molecule has 0 aliphatic heterocycles. The van der Waals surface area contributed by atoms with Gasteiger partial charge in [-0.3, -0.25) is 0 Å². The fourth-order valence-corrected chi connectivity index (χ4v) is 1.92. The third-order valence-electron chi connectivity index (χ3n) is 2.01. The first-order chi connectivity index (χ1) is 7.15. The smallest absolute Gasteiger partial charge is 0.145 e. The number of aryl methyl sites for hydroxylation is 1. The van der Waals surface area contributed by atoms with Gasteiger partial charge in [0, 0.05) is 24.6 Å². The number of nitrogens with two attached hydrogens (primary N) is 1. The van der Waals surface area contributed by atoms with Crippen molar-refractivity contribution in [2.45, 2.75) is 13.3 Å². The van der Waals surface area contributed by atoms with Gasteiger partial charge in [-0.25, -0.2) is 0 Å². The van der Waals surface area contributed by atoms with Gasteiger partial charge in [-0.15, -0.1) is 0 Å². The molecule has 1 aromatic rings. The lowest BCUT2D eigenvalue weighted by Gasteiger charge is -2.12. The number of benzene rings is 1. The first kappa shape index (κ1) is 12.3. The monoisotopic (exact) mass is 273 g/mol. The lowest BCUT2D eigenvalue weighted by Crippen LogP contribution is -2.04. The van der Waals surface area contributed by atoms with Gasteiger partial charge in [-0.2, -0.15) is 0 Å². The van der Waals surface area contributed by atoms with E-state index in [9.17, 15) is 0 Å². The number of methoxy groups -OCH3 is 1. The molecule has 0 saturated heterocycles. The van der Waals surface area contributed by atoms with Gasteiger partial charge in [-0.05, 0) is 24.6 Å². The van der Waals surface area contributed by atoms with Gasteiger partial charge in [0.25, 0.3) is 0 Å². The van der Waals surface area contributed by atoms with Crippen molar-refractivity contribution in [2.75, 3.05) is 26.1 Å². The second-order valence-electron chi connectivity index (χ2n) is 3.34. The zero-order valence-electron chi connectivity index (χ0n) is 9.05. The number of halogens is 1. The van der Waals surface area contributed by atoms with Crippen LogP contribution >= 0.6 is 15.9 Å². The molecule has 1 rings (SSSR count). The molecule has 15 heavy (non-hydrogen) atoms. The first-order valence-corrected chi connectivity index (χ1v) is 5.62. The van der Waals surface area contributed by atoms with Crippen LogP contribution in [0.5, 0.6) is 5.75 Å². The van der Waals surface area contributed by atoms with E-state index in [-0.39, 0.29) is 0 Å². The molecule has 0 aromatic heterocycles. The molecule has 0 spiro atoms. The minimum Gasteiger partial charge on any atom is -0.491 e. The lowest BCUT2D eigenvalue weighted by molar-refractivity contribution is 0.172. The molecule has 0 aliphatic carbocycles. The van der Waals surface area contributed by atoms with Crippen LogP contribution in [0, 0.1) is 6.92 Å². The molecule has 4 heteroatoms. The summed E-state index contributed by atoms with van der Waals surface area (Å²) < 4.78 is 11.5. The maximum absolute atomic E-state index is 5.85. The topological polar surface area (TPSA) is 44.5 Å². The summed E-state index contributed by atoms with van der Waals surface area (Å²) in [4.78, 5) is 0. The van der Waals surface area contributed by atoms with Gasteiger partial charge < -0.3 is 15.2 Å². The molecule has 0 atom stereocenters. The number of ether oxygens (including phenoxy) is 2. The van der Waals surface area contributed by atoms with Gasteiger partial charge in [0.15, 0.2) is 0 Å². The Balaban J connectivity index is 2.60. The van der Waals surface area contributed by atoms with Crippen molar-refractivity contribution >= 4 is 21.6 Å². The number of rotatable bonds is 5. The maximum atomic E-state index is 5.85. The van der Waals surface area contributed by atoms with Gasteiger partial charge >= 0.3 is 0 Å². The number of hydrogen-bond acceptors (Lipinski definition) is 3. The summed E-state index contributed by atoms with van der Waals surface area (Å²) in [7, 11) is 1.68. The minimum absolute atomic E-state index is 0.626. The standard InChI is InChI=1S/C11H16BrNO2/c1-8-6-9(12)7-10(13)11(8)15-5-3-4-14-2/h6-7H,3-5,13H2,1-2H3. The van der Waals surface area contributed by atoms with E-state index in [1.165, 1.54) is 0 Å². The van der Waals surface area contributed by atoms with Crippen LogP contribution in [-0.2, 0) is 4.74 Å². The average molecular weight is 274 g/mol. The van der Waals surface area contributed by atoms with Crippen molar-refractivity contribution in [3.05, 3.63) is 22.2 Å². The SMILES string of the molecule is COCCCOc1c(C)cc(Br)cc1N. The normalized spacial score (nSPS) is 10.3. The molecule has 0 fully saturated rings. The highest BCUT2D eigenvalue weighted by Crippen LogP contribution is 2.29. The molecule has 0 saturated carbocycles. The molecule has 0 heterocycles. The molecule has 3 nitrogen and oxygen atoms in total. The lowest BCUT2D eigenvalue weighted by atomic mass is 10.2. The second kappa shape index (κ2) is 5.98. The Morgan fingerprint density at radius 2 is 2.07 bits per heavy atom. The van der Waals surface area contributed by atoms with Crippen molar-refractivity contribution in [3.8, 4) is 5.75 Å². The van der Waals surface area contributed by atoms with Crippen LogP contribution < -0.4 is 10.5 Å². The van der Waals surface area contributed by atoms with Crippen molar-refractivity contribution in [2.24, 2.45) is 0 Å². The molecule has 0 aliphatic rings. The highest BCUT2D eigenvalue weighted by atomic mass is 79.9. The summed E-state index contributed by atoms with van der Waals surface area (Å²) in [6.45, 7) is 3.31. The Labute approximate surface area is 98.7 Å². The van der Waals surface area contributed by atoms with Crippen LogP contribution in [0.15, 0.2) is 16.6 Å². The number of hydrogen-bond donors (Lipinski definition) is 1. The largest absolute Gasteiger partial charge is 0.491 e. The Kier molecular flexibility index (Phi) is 4.91. The van der Waals surface area contributed by atoms with Crippen molar-refractivity contribution in [1.82, 2.24) is 0 Å². The van der Waals surface area contributed by atoms with E-state index >= 15 is 0 Å². The molecule has 2 N–H and O–H groups in total. The minimum atomic E-state index is 0.626. The average Bonchev–Trinajstić information content (AvgIpc) is 2.15. The molecule has 0 amide bonds. The van der Waals surface area contributed by atoms with Gasteiger partial charge in [0.05, 0.1) is 12.3 Å². The highest BCUT2D eigenvalue weighted by molar-refractivity contribution is 9.10. The summed E-state index contributed by atoms with van der Waals surface area (Å²) in [5.74, 6) is 0.773. The summed E-state index contributed by atoms with van der Waals surface area (Å²) in [5.41, 5.74) is 7.56. The number of nitrogen functional groups attached to an aromatic ring is 1. The molecule has 1 aromatic carbocycles. The predicted octanol–water partition coefficient (Wildman–Crippen LogP) is 2.76. The van der Waals surface area contributed by atoms with Crippen LogP contribution in [0.25, 0.3) is 0 Å². The molecule has 0 radical (unpaired) electrons. The van der Waals surface area contributed by atoms with Crippen molar-refractivity contribution in [3.63, 3.8) is 0 Å². The van der Waals surface area contributed by atoms with E-state index in [0.29, 0.717) is 18.9 Å². The predicted molar refractivity (Wildman–Crippen MR) is 65.3 cm³/mol. The van der Waals surface area contributed by atoms with Crippen LogP contribution in [-0.4, -0.2) is 20.3 Å². The molecule has 84 valence electrons. The van der Waals surface area contributed by atoms with Gasteiger partial charge in [-0.1, -0.05) is 15.9 Å². The summed E-state index contributed by atoms with van der Waals surface area (Å²) in [6.07, 6.45) is 0.867. The molecule has 0 unspecified atom stereocenters. The van der Waals surface area contributed by atoms with Crippen LogP contribution in [0.4, 0.5) is 5.69 Å². The Morgan fingerprint density at radius 1 is 1.33 bits per heavy atom. The Morgan fingerprint density at radius 3 is 2.67 bits per heavy atom. The molecular weight excluding hydrogens is 258 g/mol. The van der Waals surface area contributed by atoms with E-state index in [0.717, 1.165) is 22.2 Å². The zero-order chi connectivity index (χ0) is 11.3. The fraction of sp³-hybridized carbons (Fsp3) is 0.455.